The SMILES string of the molecule is O=C(Cc1ccccc1)N1CCCC(c2cc3ccccc3[nH]2)C1. The van der Waals surface area contributed by atoms with E-state index in [1.54, 1.807) is 0 Å². The number of nitrogens with one attached hydrogen (secondary N) is 1. The molecule has 1 aromatic heterocycles. The van der Waals surface area contributed by atoms with Crippen LogP contribution < -0.4 is 0 Å². The molecule has 1 saturated heterocycles. The molecule has 0 radical (unpaired) electrons. The molecule has 3 aromatic rings. The Labute approximate surface area is 142 Å². The first-order chi connectivity index (χ1) is 11.8. The zero-order chi connectivity index (χ0) is 16.4. The summed E-state index contributed by atoms with van der Waals surface area (Å²) in [5, 5.41) is 1.25. The zero-order valence-corrected chi connectivity index (χ0v) is 13.7. The summed E-state index contributed by atoms with van der Waals surface area (Å²) in [7, 11) is 0. The number of carbonyl (C=O) groups excluding carboxylic acids is 1. The molecule has 1 N–H and O–H groups in total. The molecular weight excluding hydrogens is 296 g/mol. The number of hydrogen-bond donors (Lipinski definition) is 1. The maximum absolute atomic E-state index is 12.6. The molecule has 0 saturated carbocycles. The van der Waals surface area contributed by atoms with Crippen LogP contribution in [0.4, 0.5) is 0 Å². The van der Waals surface area contributed by atoms with E-state index in [1.165, 1.54) is 16.6 Å². The number of carbonyl (C=O) groups is 1. The molecule has 1 fully saturated rings. The molecule has 24 heavy (non-hydrogen) atoms. The van der Waals surface area contributed by atoms with Gasteiger partial charge in [0.1, 0.15) is 0 Å². The number of benzene rings is 2. The minimum Gasteiger partial charge on any atom is -0.358 e. The van der Waals surface area contributed by atoms with E-state index < -0.39 is 0 Å². The van der Waals surface area contributed by atoms with Crippen molar-refractivity contribution in [3.63, 3.8) is 0 Å². The second-order valence-electron chi connectivity index (χ2n) is 6.65. The van der Waals surface area contributed by atoms with Crippen LogP contribution in [0.1, 0.15) is 30.0 Å². The Kier molecular flexibility index (Phi) is 4.08. The fourth-order valence-corrected chi connectivity index (χ4v) is 3.66. The highest BCUT2D eigenvalue weighted by Gasteiger charge is 2.25. The van der Waals surface area contributed by atoms with Crippen molar-refractivity contribution in [3.8, 4) is 0 Å². The lowest BCUT2D eigenvalue weighted by Gasteiger charge is -2.32. The van der Waals surface area contributed by atoms with Gasteiger partial charge < -0.3 is 9.88 Å². The summed E-state index contributed by atoms with van der Waals surface area (Å²) in [4.78, 5) is 18.2. The van der Waals surface area contributed by atoms with E-state index in [9.17, 15) is 4.79 Å². The quantitative estimate of drug-likeness (QED) is 0.775. The summed E-state index contributed by atoms with van der Waals surface area (Å²) in [5.74, 6) is 0.646. The predicted molar refractivity (Wildman–Crippen MR) is 97.0 cm³/mol. The van der Waals surface area contributed by atoms with Gasteiger partial charge in [0.25, 0.3) is 0 Å². The number of piperidine rings is 1. The molecule has 0 aliphatic carbocycles. The lowest BCUT2D eigenvalue weighted by atomic mass is 9.94. The van der Waals surface area contributed by atoms with E-state index in [0.717, 1.165) is 31.5 Å². The summed E-state index contributed by atoms with van der Waals surface area (Å²) in [5.41, 5.74) is 3.53. The van der Waals surface area contributed by atoms with E-state index >= 15 is 0 Å². The number of aromatic nitrogens is 1. The molecule has 1 amide bonds. The summed E-state index contributed by atoms with van der Waals surface area (Å²) < 4.78 is 0. The summed E-state index contributed by atoms with van der Waals surface area (Å²) in [6.07, 6.45) is 2.71. The van der Waals surface area contributed by atoms with Gasteiger partial charge in [0.15, 0.2) is 0 Å². The summed E-state index contributed by atoms with van der Waals surface area (Å²) >= 11 is 0. The van der Waals surface area contributed by atoms with Crippen LogP contribution in [0.25, 0.3) is 10.9 Å². The van der Waals surface area contributed by atoms with E-state index in [2.05, 4.69) is 35.3 Å². The van der Waals surface area contributed by atoms with Gasteiger partial charge in [-0.05, 0) is 35.9 Å². The normalized spacial score (nSPS) is 18.0. The van der Waals surface area contributed by atoms with Gasteiger partial charge in [0, 0.05) is 30.2 Å². The third-order valence-electron chi connectivity index (χ3n) is 4.96. The Bertz CT molecular complexity index is 804. The van der Waals surface area contributed by atoms with E-state index in [4.69, 9.17) is 0 Å². The monoisotopic (exact) mass is 318 g/mol. The molecule has 0 spiro atoms. The Morgan fingerprint density at radius 1 is 1.08 bits per heavy atom. The van der Waals surface area contributed by atoms with Crippen molar-refractivity contribution in [1.82, 2.24) is 9.88 Å². The van der Waals surface area contributed by atoms with Crippen LogP contribution in [0.5, 0.6) is 0 Å². The number of fused-ring (bicyclic) bond motifs is 1. The topological polar surface area (TPSA) is 36.1 Å². The van der Waals surface area contributed by atoms with Gasteiger partial charge in [-0.25, -0.2) is 0 Å². The largest absolute Gasteiger partial charge is 0.358 e. The molecule has 1 unspecified atom stereocenters. The number of amides is 1. The van der Waals surface area contributed by atoms with Crippen molar-refractivity contribution in [1.29, 1.82) is 0 Å². The third kappa shape index (κ3) is 3.07. The van der Waals surface area contributed by atoms with Crippen molar-refractivity contribution < 1.29 is 4.79 Å². The van der Waals surface area contributed by atoms with Gasteiger partial charge in [-0.15, -0.1) is 0 Å². The third-order valence-corrected chi connectivity index (χ3v) is 4.96. The maximum Gasteiger partial charge on any atom is 0.227 e. The fraction of sp³-hybridized carbons (Fsp3) is 0.286. The van der Waals surface area contributed by atoms with Crippen LogP contribution in [0.15, 0.2) is 60.7 Å². The Hall–Kier alpha value is -2.55. The lowest BCUT2D eigenvalue weighted by Crippen LogP contribution is -2.40. The molecule has 2 heterocycles. The highest BCUT2D eigenvalue weighted by Crippen LogP contribution is 2.29. The first kappa shape index (κ1) is 15.0. The second kappa shape index (κ2) is 6.52. The lowest BCUT2D eigenvalue weighted by molar-refractivity contribution is -0.131. The van der Waals surface area contributed by atoms with E-state index in [0.29, 0.717) is 12.3 Å². The molecule has 3 heteroatoms. The van der Waals surface area contributed by atoms with Crippen molar-refractivity contribution in [2.75, 3.05) is 13.1 Å². The second-order valence-corrected chi connectivity index (χ2v) is 6.65. The molecule has 1 aliphatic heterocycles. The minimum absolute atomic E-state index is 0.238. The molecule has 1 atom stereocenters. The van der Waals surface area contributed by atoms with Gasteiger partial charge in [-0.3, -0.25) is 4.79 Å². The van der Waals surface area contributed by atoms with Gasteiger partial charge in [-0.2, -0.15) is 0 Å². The average Bonchev–Trinajstić information content (AvgIpc) is 3.07. The molecule has 122 valence electrons. The van der Waals surface area contributed by atoms with Crippen molar-refractivity contribution in [3.05, 3.63) is 71.9 Å². The Morgan fingerprint density at radius 2 is 1.88 bits per heavy atom. The van der Waals surface area contributed by atoms with Gasteiger partial charge in [0.05, 0.1) is 6.42 Å². The van der Waals surface area contributed by atoms with Crippen molar-refractivity contribution >= 4 is 16.8 Å². The number of likely N-dealkylation sites (tertiary alicyclic amines) is 1. The van der Waals surface area contributed by atoms with Crippen LogP contribution in [0.2, 0.25) is 0 Å². The maximum atomic E-state index is 12.6. The molecule has 4 rings (SSSR count). The zero-order valence-electron chi connectivity index (χ0n) is 13.7. The van der Waals surface area contributed by atoms with Gasteiger partial charge in [0.2, 0.25) is 5.91 Å². The highest BCUT2D eigenvalue weighted by molar-refractivity contribution is 5.81. The minimum atomic E-state index is 0.238. The van der Waals surface area contributed by atoms with E-state index in [1.807, 2.05) is 35.2 Å². The van der Waals surface area contributed by atoms with Crippen LogP contribution in [0, 0.1) is 0 Å². The fourth-order valence-electron chi connectivity index (χ4n) is 3.66. The smallest absolute Gasteiger partial charge is 0.227 e. The number of rotatable bonds is 3. The van der Waals surface area contributed by atoms with Gasteiger partial charge in [-0.1, -0.05) is 48.5 Å². The van der Waals surface area contributed by atoms with Crippen LogP contribution >= 0.6 is 0 Å². The molecular formula is C21H22N2O. The predicted octanol–water partition coefficient (Wildman–Crippen LogP) is 4.12. The number of hydrogen-bond acceptors (Lipinski definition) is 1. The van der Waals surface area contributed by atoms with Crippen LogP contribution in [0.3, 0.4) is 0 Å². The first-order valence-corrected chi connectivity index (χ1v) is 8.69. The van der Waals surface area contributed by atoms with Crippen molar-refractivity contribution in [2.45, 2.75) is 25.2 Å². The number of para-hydroxylation sites is 1. The Balaban J connectivity index is 1.48. The summed E-state index contributed by atoms with van der Waals surface area (Å²) in [6.45, 7) is 1.70. The molecule has 3 nitrogen and oxygen atoms in total. The van der Waals surface area contributed by atoms with Crippen LogP contribution in [-0.4, -0.2) is 28.9 Å². The average molecular weight is 318 g/mol. The van der Waals surface area contributed by atoms with Gasteiger partial charge >= 0.3 is 0 Å². The first-order valence-electron chi connectivity index (χ1n) is 8.69. The summed E-state index contributed by atoms with van der Waals surface area (Å²) in [6, 6.07) is 20.6. The standard InChI is InChI=1S/C21H22N2O/c24-21(13-16-7-2-1-3-8-16)23-12-6-10-18(15-23)20-14-17-9-4-5-11-19(17)22-20/h1-5,7-9,11,14,18,22H,6,10,12-13,15H2. The number of H-pyrrole nitrogens is 1. The van der Waals surface area contributed by atoms with Crippen molar-refractivity contribution in [2.24, 2.45) is 0 Å². The Morgan fingerprint density at radius 3 is 2.71 bits per heavy atom. The number of nitrogens with zero attached hydrogens (tertiary/aromatic N) is 1. The van der Waals surface area contributed by atoms with Crippen LogP contribution in [-0.2, 0) is 11.2 Å². The highest BCUT2D eigenvalue weighted by atomic mass is 16.2. The van der Waals surface area contributed by atoms with E-state index in [-0.39, 0.29) is 5.91 Å². The number of aromatic amines is 1. The molecule has 0 bridgehead atoms. The molecule has 1 aliphatic rings. The molecule has 2 aromatic carbocycles.